The van der Waals surface area contributed by atoms with E-state index in [1.54, 1.807) is 6.20 Å². The first kappa shape index (κ1) is 13.5. The van der Waals surface area contributed by atoms with Gasteiger partial charge in [0.2, 0.25) is 5.91 Å². The maximum Gasteiger partial charge on any atom is 0.222 e. The van der Waals surface area contributed by atoms with Crippen LogP contribution in [0.15, 0.2) is 12.4 Å². The van der Waals surface area contributed by atoms with Crippen LogP contribution in [-0.2, 0) is 4.79 Å². The van der Waals surface area contributed by atoms with E-state index in [1.807, 2.05) is 22.8 Å². The fourth-order valence-corrected chi connectivity index (χ4v) is 3.39. The zero-order valence-electron chi connectivity index (χ0n) is 12.1. The summed E-state index contributed by atoms with van der Waals surface area (Å²) in [6.45, 7) is 4.29. The Morgan fingerprint density at radius 1 is 1.30 bits per heavy atom. The second kappa shape index (κ2) is 5.91. The van der Waals surface area contributed by atoms with Gasteiger partial charge in [-0.25, -0.2) is 4.68 Å². The highest BCUT2D eigenvalue weighted by molar-refractivity contribution is 5.76. The highest BCUT2D eigenvalue weighted by Crippen LogP contribution is 2.24. The van der Waals surface area contributed by atoms with Gasteiger partial charge >= 0.3 is 0 Å². The lowest BCUT2D eigenvalue weighted by molar-refractivity contribution is -0.133. The summed E-state index contributed by atoms with van der Waals surface area (Å²) in [6, 6.07) is 0.504. The average Bonchev–Trinajstić information content (AvgIpc) is 2.98. The van der Waals surface area contributed by atoms with E-state index in [9.17, 15) is 4.79 Å². The minimum atomic E-state index is 0.297. The van der Waals surface area contributed by atoms with E-state index in [4.69, 9.17) is 0 Å². The minimum Gasteiger partial charge on any atom is -0.345 e. The van der Waals surface area contributed by atoms with Gasteiger partial charge in [0.05, 0.1) is 12.2 Å². The van der Waals surface area contributed by atoms with Gasteiger partial charge < -0.3 is 9.80 Å². The van der Waals surface area contributed by atoms with Crippen LogP contribution in [0.2, 0.25) is 0 Å². The number of aromatic nitrogens is 3. The van der Waals surface area contributed by atoms with Crippen LogP contribution < -0.4 is 0 Å². The third kappa shape index (κ3) is 3.00. The summed E-state index contributed by atoms with van der Waals surface area (Å²) in [5, 5.41) is 7.99. The largest absolute Gasteiger partial charge is 0.345 e. The topological polar surface area (TPSA) is 54.3 Å². The van der Waals surface area contributed by atoms with Gasteiger partial charge in [-0.3, -0.25) is 4.79 Å². The van der Waals surface area contributed by atoms with Crippen molar-refractivity contribution in [2.45, 2.75) is 31.7 Å². The summed E-state index contributed by atoms with van der Waals surface area (Å²) in [5.74, 6) is 0.937. The summed E-state index contributed by atoms with van der Waals surface area (Å²) in [5.41, 5.74) is 0. The minimum absolute atomic E-state index is 0.297. The van der Waals surface area contributed by atoms with Gasteiger partial charge in [0.25, 0.3) is 0 Å². The molecule has 1 unspecified atom stereocenters. The van der Waals surface area contributed by atoms with E-state index in [0.29, 0.717) is 17.9 Å². The first-order valence-corrected chi connectivity index (χ1v) is 7.54. The Morgan fingerprint density at radius 3 is 2.75 bits per heavy atom. The molecule has 3 rings (SSSR count). The van der Waals surface area contributed by atoms with Crippen molar-refractivity contribution in [3.63, 3.8) is 0 Å². The molecule has 0 bridgehead atoms. The molecule has 2 fully saturated rings. The van der Waals surface area contributed by atoms with Crippen LogP contribution >= 0.6 is 0 Å². The maximum absolute atomic E-state index is 11.5. The maximum atomic E-state index is 11.5. The third-order valence-corrected chi connectivity index (χ3v) is 4.61. The van der Waals surface area contributed by atoms with E-state index in [1.165, 1.54) is 0 Å². The molecule has 20 heavy (non-hydrogen) atoms. The average molecular weight is 277 g/mol. The number of amides is 1. The van der Waals surface area contributed by atoms with Crippen molar-refractivity contribution < 1.29 is 4.79 Å². The van der Waals surface area contributed by atoms with Crippen molar-refractivity contribution in [2.75, 3.05) is 33.2 Å². The fourth-order valence-electron chi connectivity index (χ4n) is 3.39. The monoisotopic (exact) mass is 277 g/mol. The molecular weight excluding hydrogens is 254 g/mol. The lowest BCUT2D eigenvalue weighted by atomic mass is 9.96. The highest BCUT2D eigenvalue weighted by atomic mass is 16.2. The lowest BCUT2D eigenvalue weighted by Crippen LogP contribution is -2.44. The Morgan fingerprint density at radius 2 is 2.10 bits per heavy atom. The Labute approximate surface area is 119 Å². The van der Waals surface area contributed by atoms with Crippen molar-refractivity contribution in [3.8, 4) is 0 Å². The Hall–Kier alpha value is -1.43. The molecule has 0 saturated carbocycles. The predicted octanol–water partition coefficient (Wildman–Crippen LogP) is 0.783. The molecule has 6 nitrogen and oxygen atoms in total. The summed E-state index contributed by atoms with van der Waals surface area (Å²) >= 11 is 0. The van der Waals surface area contributed by atoms with Gasteiger partial charge in [0.1, 0.15) is 0 Å². The van der Waals surface area contributed by atoms with E-state index < -0.39 is 0 Å². The molecule has 3 heterocycles. The molecule has 1 aromatic rings. The first-order valence-electron chi connectivity index (χ1n) is 7.54. The number of hydrogen-bond acceptors (Lipinski definition) is 4. The second-order valence-corrected chi connectivity index (χ2v) is 6.09. The lowest BCUT2D eigenvalue weighted by Gasteiger charge is -2.37. The van der Waals surface area contributed by atoms with Gasteiger partial charge in [0, 0.05) is 45.8 Å². The van der Waals surface area contributed by atoms with Crippen LogP contribution in [0.4, 0.5) is 0 Å². The molecule has 6 heteroatoms. The Bertz CT molecular complexity index is 438. The molecule has 2 aliphatic heterocycles. The second-order valence-electron chi connectivity index (χ2n) is 6.09. The predicted molar refractivity (Wildman–Crippen MR) is 75.1 cm³/mol. The molecule has 1 atom stereocenters. The molecule has 0 radical (unpaired) electrons. The number of carbonyl (C=O) groups excluding carboxylic acids is 1. The molecule has 2 aliphatic rings. The molecule has 0 aromatic carbocycles. The molecule has 1 aromatic heterocycles. The number of piperidine rings is 2. The summed E-state index contributed by atoms with van der Waals surface area (Å²) in [7, 11) is 1.92. The van der Waals surface area contributed by atoms with E-state index in [0.717, 1.165) is 51.9 Å². The Balaban J connectivity index is 1.46. The summed E-state index contributed by atoms with van der Waals surface area (Å²) in [6.07, 6.45) is 7.77. The zero-order chi connectivity index (χ0) is 13.9. The molecule has 0 N–H and O–H groups in total. The van der Waals surface area contributed by atoms with Gasteiger partial charge in [-0.1, -0.05) is 5.21 Å². The highest BCUT2D eigenvalue weighted by Gasteiger charge is 2.27. The van der Waals surface area contributed by atoms with E-state index in [-0.39, 0.29) is 0 Å². The van der Waals surface area contributed by atoms with Crippen LogP contribution in [-0.4, -0.2) is 63.9 Å². The fraction of sp³-hybridized carbons (Fsp3) is 0.786. The number of nitrogens with zero attached hydrogens (tertiary/aromatic N) is 5. The number of hydrogen-bond donors (Lipinski definition) is 0. The number of carbonyl (C=O) groups is 1. The molecule has 2 saturated heterocycles. The normalized spacial score (nSPS) is 26.1. The van der Waals surface area contributed by atoms with Crippen LogP contribution in [0.1, 0.15) is 31.7 Å². The molecular formula is C14H23N5O. The number of rotatable bonds is 3. The quantitative estimate of drug-likeness (QED) is 0.819. The summed E-state index contributed by atoms with van der Waals surface area (Å²) < 4.78 is 1.99. The van der Waals surface area contributed by atoms with Gasteiger partial charge in [-0.2, -0.15) is 0 Å². The standard InChI is InChI=1S/C14H23N5O/c1-17-10-12(2-3-14(17)20)11-18-7-4-13(5-8-18)19-9-6-15-16-19/h6,9,12-13H,2-5,7-8,10-11H2,1H3. The van der Waals surface area contributed by atoms with Crippen LogP contribution in [0.3, 0.4) is 0 Å². The molecule has 0 aliphatic carbocycles. The Kier molecular flexibility index (Phi) is 4.00. The summed E-state index contributed by atoms with van der Waals surface area (Å²) in [4.78, 5) is 15.9. The van der Waals surface area contributed by atoms with Gasteiger partial charge in [-0.05, 0) is 25.2 Å². The van der Waals surface area contributed by atoms with Crippen molar-refractivity contribution in [1.82, 2.24) is 24.8 Å². The third-order valence-electron chi connectivity index (χ3n) is 4.61. The number of likely N-dealkylation sites (tertiary alicyclic amines) is 2. The zero-order valence-corrected chi connectivity index (χ0v) is 12.1. The van der Waals surface area contributed by atoms with Crippen LogP contribution in [0, 0.1) is 5.92 Å². The smallest absolute Gasteiger partial charge is 0.222 e. The van der Waals surface area contributed by atoms with Gasteiger partial charge in [-0.15, -0.1) is 5.10 Å². The van der Waals surface area contributed by atoms with E-state index in [2.05, 4.69) is 15.2 Å². The van der Waals surface area contributed by atoms with Gasteiger partial charge in [0.15, 0.2) is 0 Å². The molecule has 110 valence electrons. The van der Waals surface area contributed by atoms with Crippen molar-refractivity contribution in [3.05, 3.63) is 12.4 Å². The SMILES string of the molecule is CN1CC(CN2CCC(n3ccnn3)CC2)CCC1=O. The molecule has 0 spiro atoms. The molecule has 1 amide bonds. The first-order chi connectivity index (χ1) is 9.72. The van der Waals surface area contributed by atoms with Crippen molar-refractivity contribution in [1.29, 1.82) is 0 Å². The van der Waals surface area contributed by atoms with E-state index >= 15 is 0 Å². The van der Waals surface area contributed by atoms with Crippen molar-refractivity contribution >= 4 is 5.91 Å². The van der Waals surface area contributed by atoms with Crippen molar-refractivity contribution in [2.24, 2.45) is 5.92 Å². The van der Waals surface area contributed by atoms with Crippen LogP contribution in [0.25, 0.3) is 0 Å². The van der Waals surface area contributed by atoms with Crippen LogP contribution in [0.5, 0.6) is 0 Å².